The van der Waals surface area contributed by atoms with Gasteiger partial charge in [-0.1, -0.05) is 24.3 Å². The molecule has 0 aliphatic rings. The van der Waals surface area contributed by atoms with Crippen molar-refractivity contribution in [1.82, 2.24) is 10.4 Å². The number of anilines is 1. The molecule has 0 fully saturated rings. The van der Waals surface area contributed by atoms with Crippen molar-refractivity contribution < 1.29 is 4.79 Å². The van der Waals surface area contributed by atoms with Gasteiger partial charge in [0.15, 0.2) is 0 Å². The van der Waals surface area contributed by atoms with Crippen molar-refractivity contribution >= 4 is 36.1 Å². The number of pyridine rings is 1. The quantitative estimate of drug-likeness (QED) is 0.289. The lowest BCUT2D eigenvalue weighted by Crippen LogP contribution is -2.28. The van der Waals surface area contributed by atoms with Gasteiger partial charge in [0.05, 0.1) is 0 Å². The molecular formula is C18H20N4OS. The molecule has 5 nitrogen and oxygen atoms in total. The number of carbonyl (C=O) groups excluding carboxylic acids is 1. The molecule has 0 saturated carbocycles. The van der Waals surface area contributed by atoms with Gasteiger partial charge in [0, 0.05) is 37.0 Å². The van der Waals surface area contributed by atoms with Crippen molar-refractivity contribution in [2.24, 2.45) is 5.10 Å². The third-order valence-corrected chi connectivity index (χ3v) is 3.79. The zero-order valence-corrected chi connectivity index (χ0v) is 14.6. The van der Waals surface area contributed by atoms with Gasteiger partial charge in [-0.25, -0.2) is 5.43 Å². The normalized spacial score (nSPS) is 11.5. The Balaban J connectivity index is 2.00. The van der Waals surface area contributed by atoms with Gasteiger partial charge in [-0.3, -0.25) is 9.78 Å². The topological polar surface area (TPSA) is 57.6 Å². The number of benzene rings is 1. The Morgan fingerprint density at radius 3 is 2.83 bits per heavy atom. The third-order valence-electron chi connectivity index (χ3n) is 3.45. The number of hydrazone groups is 1. The Morgan fingerprint density at radius 1 is 1.33 bits per heavy atom. The standard InChI is InChI=1S/C18H20N4OS/c1-14(22(2)17-8-4-3-7-16(17)13-24)20-21-18(23)10-9-15-6-5-11-19-12-15/h3-12,24H,13H2,1-2H3,(H,21,23)/b10-9+,20-14+. The molecule has 2 rings (SSSR count). The van der Waals surface area contributed by atoms with Crippen LogP contribution < -0.4 is 10.3 Å². The lowest BCUT2D eigenvalue weighted by atomic mass is 10.2. The number of para-hydroxylation sites is 1. The van der Waals surface area contributed by atoms with Crippen molar-refractivity contribution in [2.75, 3.05) is 11.9 Å². The number of hydrogen-bond donors (Lipinski definition) is 2. The largest absolute Gasteiger partial charge is 0.331 e. The number of nitrogens with zero attached hydrogens (tertiary/aromatic N) is 3. The minimum atomic E-state index is -0.297. The fourth-order valence-corrected chi connectivity index (χ4v) is 2.31. The molecule has 0 spiro atoms. The van der Waals surface area contributed by atoms with E-state index in [2.05, 4.69) is 28.1 Å². The maximum absolute atomic E-state index is 11.8. The van der Waals surface area contributed by atoms with Gasteiger partial charge >= 0.3 is 0 Å². The van der Waals surface area contributed by atoms with Gasteiger partial charge in [0.2, 0.25) is 0 Å². The van der Waals surface area contributed by atoms with E-state index < -0.39 is 0 Å². The summed E-state index contributed by atoms with van der Waals surface area (Å²) in [5.74, 6) is 1.01. The second-order valence-electron chi connectivity index (χ2n) is 5.10. The molecule has 1 heterocycles. The smallest absolute Gasteiger partial charge is 0.264 e. The molecule has 6 heteroatoms. The van der Waals surface area contributed by atoms with Gasteiger partial charge in [-0.2, -0.15) is 17.7 Å². The molecule has 1 aromatic carbocycles. The average molecular weight is 340 g/mol. The van der Waals surface area contributed by atoms with E-state index in [1.807, 2.05) is 55.3 Å². The van der Waals surface area contributed by atoms with Crippen LogP contribution in [0, 0.1) is 0 Å². The molecule has 0 aliphatic carbocycles. The summed E-state index contributed by atoms with van der Waals surface area (Å²) in [4.78, 5) is 17.7. The number of aromatic nitrogens is 1. The molecule has 0 atom stereocenters. The van der Waals surface area contributed by atoms with E-state index in [1.165, 1.54) is 6.08 Å². The van der Waals surface area contributed by atoms with Crippen LogP contribution in [0.15, 0.2) is 60.0 Å². The zero-order valence-electron chi connectivity index (χ0n) is 13.7. The fraction of sp³-hybridized carbons (Fsp3) is 0.167. The van der Waals surface area contributed by atoms with Crippen LogP contribution in [-0.2, 0) is 10.5 Å². The Bertz CT molecular complexity index is 744. The second kappa shape index (κ2) is 8.88. The molecule has 0 radical (unpaired) electrons. The van der Waals surface area contributed by atoms with Crippen molar-refractivity contribution in [3.63, 3.8) is 0 Å². The van der Waals surface area contributed by atoms with Gasteiger partial charge in [0.25, 0.3) is 5.91 Å². The van der Waals surface area contributed by atoms with E-state index in [4.69, 9.17) is 0 Å². The summed E-state index contributed by atoms with van der Waals surface area (Å²) < 4.78 is 0. The van der Waals surface area contributed by atoms with Crippen molar-refractivity contribution in [1.29, 1.82) is 0 Å². The van der Waals surface area contributed by atoms with E-state index in [-0.39, 0.29) is 5.91 Å². The summed E-state index contributed by atoms with van der Waals surface area (Å²) >= 11 is 4.34. The highest BCUT2D eigenvalue weighted by Crippen LogP contribution is 2.20. The molecular weight excluding hydrogens is 320 g/mol. The Labute approximate surface area is 147 Å². The van der Waals surface area contributed by atoms with Crippen LogP contribution in [0.2, 0.25) is 0 Å². The molecule has 0 aliphatic heterocycles. The zero-order chi connectivity index (χ0) is 17.4. The number of rotatable bonds is 5. The van der Waals surface area contributed by atoms with Crippen LogP contribution in [0.3, 0.4) is 0 Å². The third kappa shape index (κ3) is 4.96. The predicted molar refractivity (Wildman–Crippen MR) is 102 cm³/mol. The maximum Gasteiger partial charge on any atom is 0.264 e. The number of amidine groups is 1. The van der Waals surface area contributed by atoms with E-state index in [0.29, 0.717) is 11.6 Å². The van der Waals surface area contributed by atoms with E-state index in [9.17, 15) is 4.79 Å². The maximum atomic E-state index is 11.8. The predicted octanol–water partition coefficient (Wildman–Crippen LogP) is 3.11. The summed E-state index contributed by atoms with van der Waals surface area (Å²) in [7, 11) is 1.90. The fourth-order valence-electron chi connectivity index (χ4n) is 2.04. The Kier molecular flexibility index (Phi) is 6.57. The summed E-state index contributed by atoms with van der Waals surface area (Å²) in [6.45, 7) is 1.83. The molecule has 0 saturated heterocycles. The van der Waals surface area contributed by atoms with Crippen LogP contribution in [0.5, 0.6) is 0 Å². The average Bonchev–Trinajstić information content (AvgIpc) is 2.64. The lowest BCUT2D eigenvalue weighted by Gasteiger charge is -2.21. The number of hydrogen-bond acceptors (Lipinski definition) is 4. The first-order valence-corrected chi connectivity index (χ1v) is 8.10. The number of amides is 1. The molecule has 1 aromatic heterocycles. The van der Waals surface area contributed by atoms with E-state index >= 15 is 0 Å². The minimum Gasteiger partial charge on any atom is -0.331 e. The van der Waals surface area contributed by atoms with Crippen LogP contribution >= 0.6 is 12.6 Å². The molecule has 2 aromatic rings. The minimum absolute atomic E-state index is 0.297. The van der Waals surface area contributed by atoms with E-state index in [1.54, 1.807) is 18.5 Å². The molecule has 124 valence electrons. The van der Waals surface area contributed by atoms with Gasteiger partial charge < -0.3 is 4.90 Å². The van der Waals surface area contributed by atoms with Gasteiger partial charge in [0.1, 0.15) is 5.84 Å². The molecule has 24 heavy (non-hydrogen) atoms. The van der Waals surface area contributed by atoms with Crippen LogP contribution in [-0.4, -0.2) is 23.8 Å². The van der Waals surface area contributed by atoms with Crippen LogP contribution in [0.1, 0.15) is 18.1 Å². The highest BCUT2D eigenvalue weighted by Gasteiger charge is 2.08. The molecule has 1 amide bonds. The first kappa shape index (κ1) is 17.7. The van der Waals surface area contributed by atoms with Gasteiger partial charge in [-0.05, 0) is 36.3 Å². The van der Waals surface area contributed by atoms with Crippen LogP contribution in [0.4, 0.5) is 5.69 Å². The molecule has 1 N–H and O–H groups in total. The van der Waals surface area contributed by atoms with Crippen molar-refractivity contribution in [3.8, 4) is 0 Å². The van der Waals surface area contributed by atoms with Gasteiger partial charge in [-0.15, -0.1) is 0 Å². The molecule has 0 unspecified atom stereocenters. The highest BCUT2D eigenvalue weighted by atomic mass is 32.1. The highest BCUT2D eigenvalue weighted by molar-refractivity contribution is 7.79. The number of carbonyl (C=O) groups is 1. The SMILES string of the molecule is C/C(=N\NC(=O)/C=C/c1cccnc1)N(C)c1ccccc1CS. The number of thiol groups is 1. The summed E-state index contributed by atoms with van der Waals surface area (Å²) in [5.41, 5.74) is 5.48. The first-order chi connectivity index (χ1) is 11.6. The Morgan fingerprint density at radius 2 is 2.12 bits per heavy atom. The summed E-state index contributed by atoms with van der Waals surface area (Å²) in [6, 6.07) is 11.6. The lowest BCUT2D eigenvalue weighted by molar-refractivity contribution is -0.116. The summed E-state index contributed by atoms with van der Waals surface area (Å²) in [5, 5.41) is 4.14. The van der Waals surface area contributed by atoms with Crippen LogP contribution in [0.25, 0.3) is 6.08 Å². The monoisotopic (exact) mass is 340 g/mol. The molecule has 0 bridgehead atoms. The number of nitrogens with one attached hydrogen (secondary N) is 1. The second-order valence-corrected chi connectivity index (χ2v) is 5.42. The van der Waals surface area contributed by atoms with Crippen molar-refractivity contribution in [2.45, 2.75) is 12.7 Å². The van der Waals surface area contributed by atoms with Crippen molar-refractivity contribution in [3.05, 3.63) is 66.0 Å². The summed E-state index contributed by atoms with van der Waals surface area (Å²) in [6.07, 6.45) is 6.48. The Hall–Kier alpha value is -2.60. The van der Waals surface area contributed by atoms with E-state index in [0.717, 1.165) is 16.8 Å². The first-order valence-electron chi connectivity index (χ1n) is 7.46.